The van der Waals surface area contributed by atoms with Gasteiger partial charge in [-0.1, -0.05) is 24.6 Å². The molecule has 9 heteroatoms. The van der Waals surface area contributed by atoms with Crippen LogP contribution in [-0.4, -0.2) is 30.3 Å². The van der Waals surface area contributed by atoms with Gasteiger partial charge in [0.15, 0.2) is 11.5 Å². The third-order valence-corrected chi connectivity index (χ3v) is 6.04. The van der Waals surface area contributed by atoms with Gasteiger partial charge in [0.2, 0.25) is 6.10 Å². The number of nitrogens with one attached hydrogen (secondary N) is 2. The molecule has 1 aromatic heterocycles. The van der Waals surface area contributed by atoms with Gasteiger partial charge in [-0.3, -0.25) is 9.59 Å². The second-order valence-electron chi connectivity index (χ2n) is 7.79. The van der Waals surface area contributed by atoms with E-state index in [0.29, 0.717) is 46.4 Å². The molecule has 0 spiro atoms. The first-order valence-corrected chi connectivity index (χ1v) is 10.4. The Bertz CT molecular complexity index is 1260. The molecule has 0 saturated carbocycles. The number of rotatable bonds is 3. The summed E-state index contributed by atoms with van der Waals surface area (Å²) < 4.78 is 25.2. The van der Waals surface area contributed by atoms with Crippen molar-refractivity contribution >= 4 is 40.4 Å². The number of anilines is 3. The number of hydrogen-bond acceptors (Lipinski definition) is 5. The lowest BCUT2D eigenvalue weighted by Gasteiger charge is -2.36. The Morgan fingerprint density at radius 1 is 1.19 bits per heavy atom. The number of aromatic nitrogens is 1. The maximum atomic E-state index is 13.5. The fraction of sp³-hybridized carbons (Fsp3) is 0.217. The van der Waals surface area contributed by atoms with Gasteiger partial charge in [0.1, 0.15) is 17.3 Å². The summed E-state index contributed by atoms with van der Waals surface area (Å²) in [4.78, 5) is 30.4. The molecule has 2 N–H and O–H groups in total. The highest BCUT2D eigenvalue weighted by Crippen LogP contribution is 2.49. The zero-order chi connectivity index (χ0) is 22.6. The number of H-pyrrole nitrogens is 1. The van der Waals surface area contributed by atoms with E-state index >= 15 is 0 Å². The zero-order valence-electron chi connectivity index (χ0n) is 17.2. The van der Waals surface area contributed by atoms with Crippen molar-refractivity contribution in [1.29, 1.82) is 0 Å². The van der Waals surface area contributed by atoms with E-state index in [-0.39, 0.29) is 16.7 Å². The van der Waals surface area contributed by atoms with Gasteiger partial charge in [0.05, 0.1) is 29.2 Å². The van der Waals surface area contributed by atoms with Gasteiger partial charge in [0.25, 0.3) is 5.91 Å². The summed E-state index contributed by atoms with van der Waals surface area (Å²) in [6.07, 6.45) is 0.640. The molecule has 2 aromatic carbocycles. The number of halogens is 2. The molecule has 0 saturated heterocycles. The van der Waals surface area contributed by atoms with Gasteiger partial charge in [0, 0.05) is 36.4 Å². The molecule has 2 atom stereocenters. The SMILES string of the molecule is COc1cc2c(c(N3CC(C)C(=O)c4[nH]ccc43)c1)OC(c1ccc(F)cc1Cl)C(=O)N2. The van der Waals surface area contributed by atoms with Crippen LogP contribution < -0.4 is 19.7 Å². The average molecular weight is 456 g/mol. The number of benzene rings is 2. The smallest absolute Gasteiger partial charge is 0.270 e. The summed E-state index contributed by atoms with van der Waals surface area (Å²) in [7, 11) is 1.53. The molecule has 0 fully saturated rings. The highest BCUT2D eigenvalue weighted by molar-refractivity contribution is 6.31. The summed E-state index contributed by atoms with van der Waals surface area (Å²) in [5, 5.41) is 2.94. The Kier molecular flexibility index (Phi) is 4.82. The number of methoxy groups -OCH3 is 1. The van der Waals surface area contributed by atoms with E-state index in [2.05, 4.69) is 10.3 Å². The predicted molar refractivity (Wildman–Crippen MR) is 118 cm³/mol. The number of carbonyl (C=O) groups is 2. The molecule has 0 aliphatic carbocycles. The highest BCUT2D eigenvalue weighted by atomic mass is 35.5. The van der Waals surface area contributed by atoms with Crippen molar-refractivity contribution in [3.8, 4) is 11.5 Å². The van der Waals surface area contributed by atoms with Crippen LogP contribution in [0.5, 0.6) is 11.5 Å². The number of Topliss-reactive ketones (excluding diaryl/α,β-unsaturated/α-hetero) is 1. The van der Waals surface area contributed by atoms with E-state index in [0.717, 1.165) is 6.07 Å². The van der Waals surface area contributed by atoms with Crippen LogP contribution in [0, 0.1) is 11.7 Å². The van der Waals surface area contributed by atoms with Crippen LogP contribution in [0.25, 0.3) is 0 Å². The average Bonchev–Trinajstić information content (AvgIpc) is 3.26. The maximum Gasteiger partial charge on any atom is 0.270 e. The second-order valence-corrected chi connectivity index (χ2v) is 8.20. The molecule has 2 aliphatic rings. The van der Waals surface area contributed by atoms with Crippen molar-refractivity contribution in [1.82, 2.24) is 4.98 Å². The topological polar surface area (TPSA) is 83.7 Å². The lowest BCUT2D eigenvalue weighted by atomic mass is 9.96. The monoisotopic (exact) mass is 455 g/mol. The van der Waals surface area contributed by atoms with Crippen molar-refractivity contribution < 1.29 is 23.5 Å². The fourth-order valence-electron chi connectivity index (χ4n) is 4.12. The third-order valence-electron chi connectivity index (χ3n) is 5.71. The van der Waals surface area contributed by atoms with Crippen LogP contribution in [0.2, 0.25) is 5.02 Å². The number of ether oxygens (including phenoxy) is 2. The van der Waals surface area contributed by atoms with Crippen LogP contribution in [-0.2, 0) is 4.79 Å². The number of carbonyl (C=O) groups excluding carboxylic acids is 2. The number of nitrogens with zero attached hydrogens (tertiary/aromatic N) is 1. The Morgan fingerprint density at radius 3 is 2.75 bits per heavy atom. The van der Waals surface area contributed by atoms with Crippen LogP contribution in [0.4, 0.5) is 21.5 Å². The first-order valence-electron chi connectivity index (χ1n) is 10.0. The molecular formula is C23H19ClFN3O4. The standard InChI is InChI=1S/C23H19ClFN3O4/c1-11-10-28(17-5-6-26-19(17)20(11)29)18-9-13(31-2)8-16-22(18)32-21(23(30)27-16)14-4-3-12(25)7-15(14)24/h3-9,11,21,26H,10H2,1-2H3,(H,27,30). The summed E-state index contributed by atoms with van der Waals surface area (Å²) in [6, 6.07) is 9.08. The predicted octanol–water partition coefficient (Wildman–Crippen LogP) is 4.86. The molecule has 1 amide bonds. The van der Waals surface area contributed by atoms with Crippen molar-refractivity contribution in [2.24, 2.45) is 5.92 Å². The van der Waals surface area contributed by atoms with Gasteiger partial charge in [-0.05, 0) is 18.2 Å². The Morgan fingerprint density at radius 2 is 2.00 bits per heavy atom. The normalized spacial score (nSPS) is 19.7. The number of ketones is 1. The van der Waals surface area contributed by atoms with Crippen LogP contribution >= 0.6 is 11.6 Å². The molecule has 0 bridgehead atoms. The molecule has 2 unspecified atom stereocenters. The second kappa shape index (κ2) is 7.56. The lowest BCUT2D eigenvalue weighted by molar-refractivity contribution is -0.123. The minimum atomic E-state index is -1.07. The number of fused-ring (bicyclic) bond motifs is 2. The van der Waals surface area contributed by atoms with Crippen LogP contribution in [0.1, 0.15) is 29.1 Å². The Hall–Kier alpha value is -3.52. The zero-order valence-corrected chi connectivity index (χ0v) is 18.0. The van der Waals surface area contributed by atoms with E-state index in [1.807, 2.05) is 17.9 Å². The summed E-state index contributed by atoms with van der Waals surface area (Å²) in [6.45, 7) is 2.28. The van der Waals surface area contributed by atoms with E-state index in [1.54, 1.807) is 18.3 Å². The quantitative estimate of drug-likeness (QED) is 0.589. The minimum absolute atomic E-state index is 0.0307. The van der Waals surface area contributed by atoms with Gasteiger partial charge in [-0.15, -0.1) is 0 Å². The van der Waals surface area contributed by atoms with Gasteiger partial charge in [-0.25, -0.2) is 4.39 Å². The molecule has 3 heterocycles. The van der Waals surface area contributed by atoms with Gasteiger partial charge in [-0.2, -0.15) is 0 Å². The molecule has 7 nitrogen and oxygen atoms in total. The first kappa shape index (κ1) is 20.4. The molecule has 2 aliphatic heterocycles. The molecule has 32 heavy (non-hydrogen) atoms. The summed E-state index contributed by atoms with van der Waals surface area (Å²) >= 11 is 6.21. The Balaban J connectivity index is 1.64. The van der Waals surface area contributed by atoms with E-state index in [4.69, 9.17) is 21.1 Å². The fourth-order valence-corrected chi connectivity index (χ4v) is 4.39. The molecule has 164 valence electrons. The number of hydrogen-bond donors (Lipinski definition) is 2. The van der Waals surface area contributed by atoms with Crippen molar-refractivity contribution in [3.05, 3.63) is 64.7 Å². The first-order chi connectivity index (χ1) is 15.4. The molecule has 3 aromatic rings. The van der Waals surface area contributed by atoms with Gasteiger partial charge < -0.3 is 24.7 Å². The van der Waals surface area contributed by atoms with E-state index in [9.17, 15) is 14.0 Å². The van der Waals surface area contributed by atoms with E-state index in [1.165, 1.54) is 19.2 Å². The number of aromatic amines is 1. The molecular weight excluding hydrogens is 437 g/mol. The van der Waals surface area contributed by atoms with Crippen molar-refractivity contribution in [3.63, 3.8) is 0 Å². The van der Waals surface area contributed by atoms with Crippen LogP contribution in [0.3, 0.4) is 0 Å². The largest absolute Gasteiger partial charge is 0.497 e. The van der Waals surface area contributed by atoms with Crippen LogP contribution in [0.15, 0.2) is 42.6 Å². The Labute approximate surface area is 188 Å². The van der Waals surface area contributed by atoms with Gasteiger partial charge >= 0.3 is 0 Å². The molecule has 5 rings (SSSR count). The van der Waals surface area contributed by atoms with E-state index < -0.39 is 17.8 Å². The minimum Gasteiger partial charge on any atom is -0.497 e. The number of amides is 1. The third kappa shape index (κ3) is 3.18. The highest BCUT2D eigenvalue weighted by Gasteiger charge is 2.37. The molecule has 0 radical (unpaired) electrons. The summed E-state index contributed by atoms with van der Waals surface area (Å²) in [5.41, 5.74) is 2.63. The maximum absolute atomic E-state index is 13.5. The lowest BCUT2D eigenvalue weighted by Crippen LogP contribution is -2.36. The summed E-state index contributed by atoms with van der Waals surface area (Å²) in [5.74, 6) is -0.249. The van der Waals surface area contributed by atoms with Crippen molar-refractivity contribution in [2.45, 2.75) is 13.0 Å². The van der Waals surface area contributed by atoms with Crippen molar-refractivity contribution in [2.75, 3.05) is 23.9 Å².